The molecule has 0 heterocycles. The Kier molecular flexibility index (Phi) is 21.2. The number of likely N-dealkylation sites (N-methyl/N-ethyl adjacent to an activating group) is 4. The van der Waals surface area contributed by atoms with Crippen LogP contribution in [0.4, 0.5) is 0 Å². The molecule has 0 unspecified atom stereocenters. The van der Waals surface area contributed by atoms with E-state index in [-0.39, 0.29) is 11.9 Å². The van der Waals surface area contributed by atoms with E-state index in [1.807, 2.05) is 48.5 Å². The number of hydrogen-bond donors (Lipinski definition) is 0. The lowest BCUT2D eigenvalue weighted by molar-refractivity contribution is -0.870. The summed E-state index contributed by atoms with van der Waals surface area (Å²) in [5.41, 5.74) is 6.67. The van der Waals surface area contributed by atoms with Crippen molar-refractivity contribution in [3.05, 3.63) is 153 Å². The fourth-order valence-electron chi connectivity index (χ4n) is 6.71. The summed E-state index contributed by atoms with van der Waals surface area (Å²) >= 11 is 0. The van der Waals surface area contributed by atoms with Crippen LogP contribution in [0, 0.1) is 47.4 Å². The summed E-state index contributed by atoms with van der Waals surface area (Å²) < 4.78 is 39.0. The third-order valence-electron chi connectivity index (χ3n) is 11.3. The minimum atomic E-state index is -0.370. The molecule has 0 amide bonds. The average molecular weight is 1030 g/mol. The van der Waals surface area contributed by atoms with E-state index in [2.05, 4.69) is 132 Å². The number of quaternary nitrogens is 4. The predicted octanol–water partition coefficient (Wildman–Crippen LogP) is 7.98. The molecule has 0 aliphatic carbocycles. The first kappa shape index (κ1) is 59.2. The number of hydrogen-bond acceptors (Lipinski definition) is 8. The van der Waals surface area contributed by atoms with Crippen LogP contribution in [0.1, 0.15) is 79.1 Å². The van der Waals surface area contributed by atoms with Crippen LogP contribution in [0.25, 0.3) is 0 Å². The topological polar surface area (TPSA) is 89.5 Å². The van der Waals surface area contributed by atoms with Crippen LogP contribution in [-0.2, 0) is 9.47 Å². The summed E-state index contributed by atoms with van der Waals surface area (Å²) in [5.74, 6) is 28.3. The van der Waals surface area contributed by atoms with E-state index in [1.54, 1.807) is 62.4 Å². The number of rotatable bonds is 20. The summed E-state index contributed by atoms with van der Waals surface area (Å²) in [7, 11) is 25.5. The molecule has 0 aliphatic rings. The van der Waals surface area contributed by atoms with Gasteiger partial charge in [-0.1, -0.05) is 47.4 Å². The Morgan fingerprint density at radius 1 is 0.342 bits per heavy atom. The van der Waals surface area contributed by atoms with Crippen LogP contribution in [0.15, 0.2) is 97.1 Å². The molecule has 5 aromatic carbocycles. The highest BCUT2D eigenvalue weighted by Crippen LogP contribution is 2.31. The first-order valence-electron chi connectivity index (χ1n) is 25.7. The molecule has 12 nitrogen and oxygen atoms in total. The quantitative estimate of drug-likeness (QED) is 0.0441. The lowest BCUT2D eigenvalue weighted by Gasteiger charge is -2.24. The first-order valence-corrected chi connectivity index (χ1v) is 25.7. The maximum absolute atomic E-state index is 12.3. The molecule has 398 valence electrons. The number of carbonyl (C=O) groups is 2. The number of carbonyl (C=O) groups excluding carboxylic acids is 2. The molecule has 0 N–H and O–H groups in total. The Bertz CT molecular complexity index is 2830. The van der Waals surface area contributed by atoms with Gasteiger partial charge in [-0.15, -0.1) is 0 Å². The van der Waals surface area contributed by atoms with E-state index in [0.717, 1.165) is 66.4 Å². The van der Waals surface area contributed by atoms with E-state index in [4.69, 9.17) is 28.4 Å². The summed E-state index contributed by atoms with van der Waals surface area (Å²) in [5, 5.41) is 0. The molecule has 0 saturated heterocycles. The monoisotopic (exact) mass is 1030 g/mol. The van der Waals surface area contributed by atoms with Crippen molar-refractivity contribution in [1.29, 1.82) is 0 Å². The van der Waals surface area contributed by atoms with Crippen molar-refractivity contribution in [3.63, 3.8) is 0 Å². The summed E-state index contributed by atoms with van der Waals surface area (Å²) in [6, 6.07) is 29.6. The largest absolute Gasteiger partial charge is 0.486 e. The zero-order valence-corrected chi connectivity index (χ0v) is 47.4. The van der Waals surface area contributed by atoms with E-state index in [0.29, 0.717) is 96.0 Å². The third-order valence-corrected chi connectivity index (χ3v) is 11.3. The second-order valence-corrected chi connectivity index (χ2v) is 22.3. The SMILES string of the molecule is CCOC(=O)c1ccc(C#Cc2cc(OCC[N+](C)(C)C)c(C#Cc3ccc(C#Cc4cc(OCC[N+](C)(C)C)c(C#Cc5ccc(C(=O)OCC)cc5)cc4OCC[N+](C)(C)C)cc3)cc2OCC[N+](C)(C)C)cc1. The first-order chi connectivity index (χ1) is 35.9. The van der Waals surface area contributed by atoms with Gasteiger partial charge in [0.2, 0.25) is 0 Å². The minimum Gasteiger partial charge on any atom is -0.486 e. The van der Waals surface area contributed by atoms with Crippen molar-refractivity contribution in [1.82, 2.24) is 0 Å². The predicted molar refractivity (Wildman–Crippen MR) is 302 cm³/mol. The van der Waals surface area contributed by atoms with Gasteiger partial charge in [0.25, 0.3) is 0 Å². The van der Waals surface area contributed by atoms with Crippen molar-refractivity contribution in [2.45, 2.75) is 13.8 Å². The fourth-order valence-corrected chi connectivity index (χ4v) is 6.71. The van der Waals surface area contributed by atoms with Crippen molar-refractivity contribution < 1.29 is 55.9 Å². The number of ether oxygens (including phenoxy) is 6. The summed E-state index contributed by atoms with van der Waals surface area (Å²) in [6.45, 7) is 9.12. The van der Waals surface area contributed by atoms with Gasteiger partial charge in [0.15, 0.2) is 0 Å². The van der Waals surface area contributed by atoms with Gasteiger partial charge in [-0.3, -0.25) is 0 Å². The molecule has 0 fully saturated rings. The normalized spacial score (nSPS) is 11.2. The van der Waals surface area contributed by atoms with Gasteiger partial charge in [0, 0.05) is 46.5 Å². The highest BCUT2D eigenvalue weighted by Gasteiger charge is 2.17. The maximum Gasteiger partial charge on any atom is 0.338 e. The lowest BCUT2D eigenvalue weighted by atomic mass is 10.1. The second-order valence-electron chi connectivity index (χ2n) is 22.3. The van der Waals surface area contributed by atoms with Crippen molar-refractivity contribution in [3.8, 4) is 70.4 Å². The molecule has 0 bridgehead atoms. The van der Waals surface area contributed by atoms with Gasteiger partial charge in [-0.2, -0.15) is 0 Å². The Hall–Kier alpha value is -7.68. The molecule has 0 aromatic heterocycles. The number of esters is 2. The molecule has 12 heteroatoms. The van der Waals surface area contributed by atoms with Crippen LogP contribution in [-0.4, -0.2) is 180 Å². The summed E-state index contributed by atoms with van der Waals surface area (Å²) in [4.78, 5) is 24.5. The Morgan fingerprint density at radius 2 is 0.553 bits per heavy atom. The van der Waals surface area contributed by atoms with Crippen LogP contribution >= 0.6 is 0 Å². The highest BCUT2D eigenvalue weighted by atomic mass is 16.5. The van der Waals surface area contributed by atoms with Crippen molar-refractivity contribution >= 4 is 11.9 Å². The Morgan fingerprint density at radius 3 is 0.750 bits per heavy atom. The van der Waals surface area contributed by atoms with Crippen LogP contribution in [0.2, 0.25) is 0 Å². The molecule has 5 rings (SSSR count). The zero-order valence-electron chi connectivity index (χ0n) is 47.4. The molecule has 0 atom stereocenters. The molecule has 0 spiro atoms. The van der Waals surface area contributed by atoms with Gasteiger partial charge >= 0.3 is 11.9 Å². The smallest absolute Gasteiger partial charge is 0.338 e. The molecule has 0 radical (unpaired) electrons. The average Bonchev–Trinajstić information content (AvgIpc) is 3.34. The van der Waals surface area contributed by atoms with Gasteiger partial charge < -0.3 is 46.4 Å². The van der Waals surface area contributed by atoms with Crippen molar-refractivity contribution in [2.75, 3.05) is 150 Å². The zero-order chi connectivity index (χ0) is 55.5. The van der Waals surface area contributed by atoms with Gasteiger partial charge in [0.1, 0.15) is 75.6 Å². The van der Waals surface area contributed by atoms with Crippen LogP contribution in [0.3, 0.4) is 0 Å². The molecule has 76 heavy (non-hydrogen) atoms. The highest BCUT2D eigenvalue weighted by molar-refractivity contribution is 5.90. The molecule has 0 saturated carbocycles. The van der Waals surface area contributed by atoms with E-state index in [1.165, 1.54) is 0 Å². The second kappa shape index (κ2) is 27.2. The van der Waals surface area contributed by atoms with E-state index >= 15 is 0 Å². The van der Waals surface area contributed by atoms with Crippen LogP contribution < -0.4 is 18.9 Å². The Labute approximate surface area is 453 Å². The molecule has 5 aromatic rings. The van der Waals surface area contributed by atoms with E-state index in [9.17, 15) is 9.59 Å². The van der Waals surface area contributed by atoms with Gasteiger partial charge in [0.05, 0.1) is 131 Å². The van der Waals surface area contributed by atoms with Gasteiger partial charge in [-0.25, -0.2) is 9.59 Å². The standard InChI is InChI=1S/C64H78N4O8/c1-15-71-63(69)53-29-21-51(22-30-53)27-35-57-47-59(73-41-37-65(3,4)5)55(45-61(57)75-43-39-67(9,10)11)33-25-49-17-19-50(20-18-49)26-34-56-46-62(76-44-40-68(12,13)14)58(48-60(56)74-42-38-66(6,7)8)36-28-52-23-31-54(32-24-52)64(70)72-16-2/h17-24,29-32,45-48H,15-16,37-44H2,1-14H3/q+4. The number of benzene rings is 5. The maximum atomic E-state index is 12.3. The molecular formula is C64H78N4O8+4. The molecular weight excluding hydrogens is 953 g/mol. The number of nitrogens with zero attached hydrogens (tertiary/aromatic N) is 4. The third kappa shape index (κ3) is 20.9. The van der Waals surface area contributed by atoms with Gasteiger partial charge in [-0.05, 0) is 86.6 Å². The Balaban J connectivity index is 1.51. The van der Waals surface area contributed by atoms with E-state index < -0.39 is 0 Å². The molecule has 0 aliphatic heterocycles. The fraction of sp³-hybridized carbons (Fsp3) is 0.375. The van der Waals surface area contributed by atoms with Crippen LogP contribution in [0.5, 0.6) is 23.0 Å². The minimum absolute atomic E-state index is 0.305. The van der Waals surface area contributed by atoms with Crippen molar-refractivity contribution in [2.24, 2.45) is 0 Å². The lowest BCUT2D eigenvalue weighted by Crippen LogP contribution is -2.38. The summed E-state index contributed by atoms with van der Waals surface area (Å²) in [6.07, 6.45) is 0.